The van der Waals surface area contributed by atoms with Gasteiger partial charge >= 0.3 is 0 Å². The maximum atomic E-state index is 10.8. The van der Waals surface area contributed by atoms with Crippen molar-refractivity contribution in [3.05, 3.63) is 63.3 Å². The summed E-state index contributed by atoms with van der Waals surface area (Å²) in [5.74, 6) is 0.644. The van der Waals surface area contributed by atoms with E-state index < -0.39 is 4.92 Å². The third-order valence-corrected chi connectivity index (χ3v) is 3.53. The molecule has 0 fully saturated rings. The first-order valence-corrected chi connectivity index (χ1v) is 6.97. The van der Waals surface area contributed by atoms with E-state index in [-0.39, 0.29) is 11.7 Å². The van der Waals surface area contributed by atoms with Crippen molar-refractivity contribution >= 4 is 11.5 Å². The van der Waals surface area contributed by atoms with Crippen LogP contribution in [0.4, 0.5) is 11.5 Å². The molecular weight excluding hydrogens is 266 g/mol. The van der Waals surface area contributed by atoms with Crippen LogP contribution in [0.25, 0.3) is 0 Å². The first-order valence-electron chi connectivity index (χ1n) is 6.97. The Morgan fingerprint density at radius 2 is 2.00 bits per heavy atom. The molecule has 1 unspecified atom stereocenters. The largest absolute Gasteiger partial charge is 0.364 e. The lowest BCUT2D eigenvalue weighted by atomic mass is 10.0. The summed E-state index contributed by atoms with van der Waals surface area (Å²) < 4.78 is 0. The van der Waals surface area contributed by atoms with Gasteiger partial charge in [-0.3, -0.25) is 10.1 Å². The Morgan fingerprint density at radius 3 is 2.52 bits per heavy atom. The Hall–Kier alpha value is -2.43. The van der Waals surface area contributed by atoms with E-state index in [9.17, 15) is 10.1 Å². The van der Waals surface area contributed by atoms with Gasteiger partial charge in [-0.1, -0.05) is 31.2 Å². The van der Waals surface area contributed by atoms with Gasteiger partial charge in [0, 0.05) is 11.6 Å². The number of rotatable bonds is 5. The zero-order chi connectivity index (χ0) is 15.4. The molecular formula is C16H19N3O2. The fourth-order valence-corrected chi connectivity index (χ4v) is 2.17. The maximum Gasteiger partial charge on any atom is 0.290 e. The second kappa shape index (κ2) is 6.35. The predicted molar refractivity (Wildman–Crippen MR) is 83.5 cm³/mol. The fourth-order valence-electron chi connectivity index (χ4n) is 2.17. The molecule has 1 aromatic carbocycles. The highest BCUT2D eigenvalue weighted by Crippen LogP contribution is 2.22. The molecule has 21 heavy (non-hydrogen) atoms. The summed E-state index contributed by atoms with van der Waals surface area (Å²) >= 11 is 0. The highest BCUT2D eigenvalue weighted by atomic mass is 16.6. The third kappa shape index (κ3) is 3.56. The second-order valence-corrected chi connectivity index (χ2v) is 5.07. The second-order valence-electron chi connectivity index (χ2n) is 5.07. The Labute approximate surface area is 124 Å². The quantitative estimate of drug-likeness (QED) is 0.665. The number of hydrogen-bond acceptors (Lipinski definition) is 4. The molecule has 1 atom stereocenters. The fraction of sp³-hybridized carbons (Fsp3) is 0.312. The average molecular weight is 285 g/mol. The molecule has 0 spiro atoms. The maximum absolute atomic E-state index is 10.8. The van der Waals surface area contributed by atoms with Crippen molar-refractivity contribution in [2.75, 3.05) is 5.32 Å². The number of aromatic nitrogens is 1. The van der Waals surface area contributed by atoms with Gasteiger partial charge in [0.2, 0.25) is 0 Å². The summed E-state index contributed by atoms with van der Waals surface area (Å²) in [4.78, 5) is 14.5. The van der Waals surface area contributed by atoms with E-state index >= 15 is 0 Å². The van der Waals surface area contributed by atoms with E-state index in [0.717, 1.165) is 12.0 Å². The Morgan fingerprint density at radius 1 is 1.33 bits per heavy atom. The summed E-state index contributed by atoms with van der Waals surface area (Å²) in [5.41, 5.74) is 3.10. The van der Waals surface area contributed by atoms with Crippen molar-refractivity contribution in [1.82, 2.24) is 4.98 Å². The van der Waals surface area contributed by atoms with Crippen molar-refractivity contribution in [2.45, 2.75) is 33.2 Å². The zero-order valence-corrected chi connectivity index (χ0v) is 12.5. The minimum Gasteiger partial charge on any atom is -0.364 e. The third-order valence-electron chi connectivity index (χ3n) is 3.53. The van der Waals surface area contributed by atoms with Crippen molar-refractivity contribution in [1.29, 1.82) is 0 Å². The van der Waals surface area contributed by atoms with Crippen molar-refractivity contribution in [2.24, 2.45) is 0 Å². The molecule has 0 aliphatic carbocycles. The summed E-state index contributed by atoms with van der Waals surface area (Å²) in [7, 11) is 0. The minimum atomic E-state index is -0.418. The predicted octanol–water partition coefficient (Wildman–Crippen LogP) is 4.03. The van der Waals surface area contributed by atoms with Crippen LogP contribution in [-0.4, -0.2) is 9.91 Å². The number of nitrogens with zero attached hydrogens (tertiary/aromatic N) is 2. The first-order chi connectivity index (χ1) is 10.0. The van der Waals surface area contributed by atoms with E-state index in [1.165, 1.54) is 11.8 Å². The van der Waals surface area contributed by atoms with Gasteiger partial charge in [-0.05, 0) is 37.5 Å². The van der Waals surface area contributed by atoms with Gasteiger partial charge in [0.25, 0.3) is 5.69 Å². The Bertz CT molecular complexity index is 638. The Balaban J connectivity index is 2.13. The molecule has 5 nitrogen and oxygen atoms in total. The van der Waals surface area contributed by atoms with Gasteiger partial charge in [-0.25, -0.2) is 4.98 Å². The van der Waals surface area contributed by atoms with Crippen LogP contribution < -0.4 is 5.32 Å². The lowest BCUT2D eigenvalue weighted by Crippen LogP contribution is -2.08. The summed E-state index contributed by atoms with van der Waals surface area (Å²) in [6.45, 7) is 5.88. The van der Waals surface area contributed by atoms with Gasteiger partial charge in [-0.15, -0.1) is 0 Å². The molecule has 0 saturated carbocycles. The molecule has 0 bridgehead atoms. The van der Waals surface area contributed by atoms with Crippen LogP contribution in [0.15, 0.2) is 36.5 Å². The number of anilines is 1. The van der Waals surface area contributed by atoms with Gasteiger partial charge in [0.15, 0.2) is 0 Å². The van der Waals surface area contributed by atoms with Crippen LogP contribution in [0.5, 0.6) is 0 Å². The highest BCUT2D eigenvalue weighted by Gasteiger charge is 2.13. The number of nitro groups is 1. The standard InChI is InChI=1S/C16H19N3O2/c1-4-13-5-7-14(8-6-13)12(3)18-16-9-11(2)15(10-17-16)19(20)21/h5-10,12H,4H2,1-3H3,(H,17,18). The Kier molecular flexibility index (Phi) is 4.52. The van der Waals surface area contributed by atoms with Crippen LogP contribution in [0.1, 0.15) is 36.6 Å². The SMILES string of the molecule is CCc1ccc(C(C)Nc2cc(C)c([N+](=O)[O-])cn2)cc1. The normalized spacial score (nSPS) is 12.0. The summed E-state index contributed by atoms with van der Waals surface area (Å²) in [6, 6.07) is 10.2. The molecule has 0 radical (unpaired) electrons. The molecule has 0 amide bonds. The van der Waals surface area contributed by atoms with Gasteiger partial charge in [0.05, 0.1) is 4.92 Å². The first kappa shape index (κ1) is 15.0. The minimum absolute atomic E-state index is 0.0421. The number of benzene rings is 1. The number of pyridine rings is 1. The highest BCUT2D eigenvalue weighted by molar-refractivity contribution is 5.48. The van der Waals surface area contributed by atoms with Crippen molar-refractivity contribution < 1.29 is 4.92 Å². The van der Waals surface area contributed by atoms with Crippen molar-refractivity contribution in [3.8, 4) is 0 Å². The lowest BCUT2D eigenvalue weighted by molar-refractivity contribution is -0.385. The number of nitrogens with one attached hydrogen (secondary N) is 1. The topological polar surface area (TPSA) is 68.1 Å². The van der Waals surface area contributed by atoms with E-state index in [1.54, 1.807) is 13.0 Å². The molecule has 1 heterocycles. The zero-order valence-electron chi connectivity index (χ0n) is 12.5. The van der Waals surface area contributed by atoms with E-state index in [4.69, 9.17) is 0 Å². The van der Waals surface area contributed by atoms with E-state index in [0.29, 0.717) is 11.4 Å². The van der Waals surface area contributed by atoms with Crippen LogP contribution in [-0.2, 0) is 6.42 Å². The molecule has 0 aliphatic rings. The summed E-state index contributed by atoms with van der Waals surface area (Å²) in [6.07, 6.45) is 2.32. The lowest BCUT2D eigenvalue weighted by Gasteiger charge is -2.15. The van der Waals surface area contributed by atoms with Crippen LogP contribution in [0.3, 0.4) is 0 Å². The van der Waals surface area contributed by atoms with Gasteiger partial charge < -0.3 is 5.32 Å². The molecule has 2 rings (SSSR count). The van der Waals surface area contributed by atoms with Crippen LogP contribution in [0.2, 0.25) is 0 Å². The average Bonchev–Trinajstić information content (AvgIpc) is 2.47. The molecule has 5 heteroatoms. The van der Waals surface area contributed by atoms with E-state index in [1.807, 2.05) is 6.92 Å². The summed E-state index contributed by atoms with van der Waals surface area (Å²) in [5, 5.41) is 14.1. The number of hydrogen-bond donors (Lipinski definition) is 1. The van der Waals surface area contributed by atoms with Gasteiger partial charge in [-0.2, -0.15) is 0 Å². The molecule has 0 aliphatic heterocycles. The van der Waals surface area contributed by atoms with Crippen LogP contribution in [0, 0.1) is 17.0 Å². The molecule has 0 saturated heterocycles. The molecule has 2 aromatic rings. The van der Waals surface area contributed by atoms with Gasteiger partial charge in [0.1, 0.15) is 12.0 Å². The number of aryl methyl sites for hydroxylation is 2. The van der Waals surface area contributed by atoms with E-state index in [2.05, 4.69) is 41.5 Å². The van der Waals surface area contributed by atoms with Crippen LogP contribution >= 0.6 is 0 Å². The monoisotopic (exact) mass is 285 g/mol. The smallest absolute Gasteiger partial charge is 0.290 e. The molecule has 1 N–H and O–H groups in total. The van der Waals surface area contributed by atoms with Crippen molar-refractivity contribution in [3.63, 3.8) is 0 Å². The molecule has 1 aromatic heterocycles. The molecule has 110 valence electrons.